The summed E-state index contributed by atoms with van der Waals surface area (Å²) in [5.41, 5.74) is 12.9. The molecule has 10 aromatic rings. The molecule has 0 saturated heterocycles. The number of para-hydroxylation sites is 1. The zero-order valence-electron chi connectivity index (χ0n) is 31.3. The number of rotatable bonds is 7. The van der Waals surface area contributed by atoms with Gasteiger partial charge in [-0.2, -0.15) is 0 Å². The van der Waals surface area contributed by atoms with Gasteiger partial charge in [-0.15, -0.1) is 11.3 Å². The monoisotopic (exact) mass is 736 g/mol. The Morgan fingerprint density at radius 1 is 0.643 bits per heavy atom. The van der Waals surface area contributed by atoms with Crippen molar-refractivity contribution in [3.05, 3.63) is 198 Å². The minimum Gasteiger partial charge on any atom is -0.300 e. The fraction of sp³-hybridized carbons (Fsp3) is 0.113. The largest absolute Gasteiger partial charge is 0.300 e. The van der Waals surface area contributed by atoms with E-state index in [1.165, 1.54) is 91.7 Å². The van der Waals surface area contributed by atoms with Crippen molar-refractivity contribution in [3.8, 4) is 11.1 Å². The molecule has 2 nitrogen and oxygen atoms in total. The Morgan fingerprint density at radius 2 is 1.39 bits per heavy atom. The van der Waals surface area contributed by atoms with Gasteiger partial charge >= 0.3 is 0 Å². The molecule has 11 rings (SSSR count). The fourth-order valence-electron chi connectivity index (χ4n) is 9.58. The molecule has 2 heterocycles. The minimum atomic E-state index is 0.240. The number of fused-ring (bicyclic) bond motifs is 11. The second-order valence-corrected chi connectivity index (χ2v) is 16.4. The van der Waals surface area contributed by atoms with E-state index in [4.69, 9.17) is 4.99 Å². The van der Waals surface area contributed by atoms with Crippen LogP contribution in [0.15, 0.2) is 175 Å². The number of hydrogen-bond acceptors (Lipinski definition) is 2. The van der Waals surface area contributed by atoms with Crippen LogP contribution >= 0.6 is 11.3 Å². The SMILES string of the molecule is CCCC(c1ccc2sc3ccccc3c2c1)c1ccccc1/N=C/n1c2ccc([C@H]3Cc4ccccc4-c4ccccc43)cc2c2c3ccccc3ccc21. The van der Waals surface area contributed by atoms with Gasteiger partial charge in [0.1, 0.15) is 6.34 Å². The molecule has 1 aliphatic carbocycles. The van der Waals surface area contributed by atoms with Crippen molar-refractivity contribution in [1.82, 2.24) is 4.57 Å². The molecule has 0 saturated carbocycles. The Morgan fingerprint density at radius 3 is 2.32 bits per heavy atom. The van der Waals surface area contributed by atoms with Crippen molar-refractivity contribution in [2.24, 2.45) is 4.99 Å². The average Bonchev–Trinajstić information content (AvgIpc) is 3.79. The number of aromatic nitrogens is 1. The molecule has 3 heteroatoms. The summed E-state index contributed by atoms with van der Waals surface area (Å²) in [6.45, 7) is 2.29. The third-order valence-electron chi connectivity index (χ3n) is 12.2. The molecule has 56 heavy (non-hydrogen) atoms. The first kappa shape index (κ1) is 33.1. The second kappa shape index (κ2) is 13.5. The summed E-state index contributed by atoms with van der Waals surface area (Å²) in [6, 6.07) is 63.1. The predicted octanol–water partition coefficient (Wildman–Crippen LogP) is 14.8. The Bertz CT molecular complexity index is 3160. The standard InChI is InChI=1S/C53H40N2S/c1-2-13-38(36-26-29-52-46(31-36)44-21-10-12-23-51(44)56-52)43-20-9-11-22-48(43)54-33-55-49-27-25-37(32-47(49)53-40-17-6-3-14-34(40)24-28-50(53)55)45-30-35-15-4-5-16-39(35)41-18-7-8-19-42(41)45/h3-12,14-29,31-33,38,45H,2,13,30H2,1H3/b54-33+/t38?,45-/m1/s1. The van der Waals surface area contributed by atoms with Crippen molar-refractivity contribution in [2.75, 3.05) is 0 Å². The van der Waals surface area contributed by atoms with Crippen LogP contribution in [-0.4, -0.2) is 10.9 Å². The molecule has 0 radical (unpaired) electrons. The zero-order valence-corrected chi connectivity index (χ0v) is 32.1. The topological polar surface area (TPSA) is 17.3 Å². The number of thiophene rings is 1. The van der Waals surface area contributed by atoms with E-state index in [9.17, 15) is 0 Å². The summed E-state index contributed by atoms with van der Waals surface area (Å²) >= 11 is 1.88. The highest BCUT2D eigenvalue weighted by atomic mass is 32.1. The van der Waals surface area contributed by atoms with Gasteiger partial charge in [0.15, 0.2) is 0 Å². The van der Waals surface area contributed by atoms with Gasteiger partial charge in [0.25, 0.3) is 0 Å². The van der Waals surface area contributed by atoms with Gasteiger partial charge in [-0.25, -0.2) is 4.99 Å². The van der Waals surface area contributed by atoms with Gasteiger partial charge in [0.05, 0.1) is 16.7 Å². The van der Waals surface area contributed by atoms with Gasteiger partial charge in [0.2, 0.25) is 0 Å². The first-order chi connectivity index (χ1) is 27.7. The summed E-state index contributed by atoms with van der Waals surface area (Å²) < 4.78 is 5.01. The van der Waals surface area contributed by atoms with Crippen LogP contribution in [0.3, 0.4) is 0 Å². The number of benzene rings is 8. The summed E-state index contributed by atoms with van der Waals surface area (Å²) in [4.78, 5) is 5.37. The molecule has 0 amide bonds. The molecular formula is C53H40N2S. The van der Waals surface area contributed by atoms with Crippen LogP contribution in [0.2, 0.25) is 0 Å². The second-order valence-electron chi connectivity index (χ2n) is 15.3. The summed E-state index contributed by atoms with van der Waals surface area (Å²) in [5.74, 6) is 0.519. The maximum atomic E-state index is 5.37. The van der Waals surface area contributed by atoms with Gasteiger partial charge in [-0.1, -0.05) is 141 Å². The third kappa shape index (κ3) is 5.33. The van der Waals surface area contributed by atoms with Crippen molar-refractivity contribution < 1.29 is 0 Å². The highest BCUT2D eigenvalue weighted by Crippen LogP contribution is 2.45. The molecule has 268 valence electrons. The Kier molecular flexibility index (Phi) is 7.96. The highest BCUT2D eigenvalue weighted by molar-refractivity contribution is 7.25. The minimum absolute atomic E-state index is 0.240. The van der Waals surface area contributed by atoms with E-state index in [2.05, 4.69) is 188 Å². The smallest absolute Gasteiger partial charge is 0.100 e. The van der Waals surface area contributed by atoms with E-state index in [0.29, 0.717) is 0 Å². The Balaban J connectivity index is 1.05. The first-order valence-corrected chi connectivity index (χ1v) is 20.7. The summed E-state index contributed by atoms with van der Waals surface area (Å²) in [7, 11) is 0. The van der Waals surface area contributed by atoms with Crippen molar-refractivity contribution in [1.29, 1.82) is 0 Å². The van der Waals surface area contributed by atoms with E-state index >= 15 is 0 Å². The molecule has 0 fully saturated rings. The lowest BCUT2D eigenvalue weighted by Gasteiger charge is -2.28. The average molecular weight is 737 g/mol. The molecule has 8 aromatic carbocycles. The molecular weight excluding hydrogens is 697 g/mol. The van der Waals surface area contributed by atoms with Gasteiger partial charge in [0, 0.05) is 42.8 Å². The Labute approximate surface area is 331 Å². The normalized spacial score (nSPS) is 14.6. The number of nitrogens with zero attached hydrogens (tertiary/aromatic N) is 2. The molecule has 0 aliphatic heterocycles. The van der Waals surface area contributed by atoms with Gasteiger partial charge < -0.3 is 0 Å². The summed E-state index contributed by atoms with van der Waals surface area (Å²) in [5, 5.41) is 7.77. The van der Waals surface area contributed by atoms with Crippen molar-refractivity contribution in [2.45, 2.75) is 38.0 Å². The molecule has 2 atom stereocenters. The van der Waals surface area contributed by atoms with E-state index < -0.39 is 0 Å². The Hall–Kier alpha value is -6.29. The van der Waals surface area contributed by atoms with Crippen molar-refractivity contribution in [3.63, 3.8) is 0 Å². The molecule has 0 N–H and O–H groups in total. The lowest BCUT2D eigenvalue weighted by molar-refractivity contribution is 0.700. The molecule has 0 bridgehead atoms. The third-order valence-corrected chi connectivity index (χ3v) is 13.3. The van der Waals surface area contributed by atoms with Crippen LogP contribution < -0.4 is 0 Å². The van der Waals surface area contributed by atoms with Crippen LogP contribution in [0.5, 0.6) is 0 Å². The maximum Gasteiger partial charge on any atom is 0.100 e. The maximum absolute atomic E-state index is 5.37. The van der Waals surface area contributed by atoms with Crippen LogP contribution in [0.1, 0.15) is 59.4 Å². The molecule has 0 spiro atoms. The lowest BCUT2D eigenvalue weighted by Crippen LogP contribution is -2.12. The molecule has 2 aromatic heterocycles. The number of aliphatic imine (C=N–C) groups is 1. The predicted molar refractivity (Wildman–Crippen MR) is 240 cm³/mol. The summed E-state index contributed by atoms with van der Waals surface area (Å²) in [6.07, 6.45) is 5.21. The van der Waals surface area contributed by atoms with E-state index in [1.54, 1.807) is 0 Å². The van der Waals surface area contributed by atoms with E-state index in [1.807, 2.05) is 11.3 Å². The van der Waals surface area contributed by atoms with Gasteiger partial charge in [-0.3, -0.25) is 4.57 Å². The van der Waals surface area contributed by atoms with E-state index in [-0.39, 0.29) is 11.8 Å². The van der Waals surface area contributed by atoms with Crippen LogP contribution in [0, 0.1) is 0 Å². The number of hydrogen-bond donors (Lipinski definition) is 0. The lowest BCUT2D eigenvalue weighted by atomic mass is 9.75. The van der Waals surface area contributed by atoms with Crippen LogP contribution in [0.4, 0.5) is 5.69 Å². The highest BCUT2D eigenvalue weighted by Gasteiger charge is 2.26. The van der Waals surface area contributed by atoms with Crippen LogP contribution in [0.25, 0.3) is 63.9 Å². The quantitative estimate of drug-likeness (QED) is 0.115. The molecule has 1 unspecified atom stereocenters. The van der Waals surface area contributed by atoms with Gasteiger partial charge in [-0.05, 0) is 105 Å². The molecule has 1 aliphatic rings. The zero-order chi connectivity index (χ0) is 37.2. The fourth-order valence-corrected chi connectivity index (χ4v) is 10.7. The van der Waals surface area contributed by atoms with Crippen LogP contribution in [-0.2, 0) is 6.42 Å². The van der Waals surface area contributed by atoms with Crippen molar-refractivity contribution >= 4 is 76.1 Å². The first-order valence-electron chi connectivity index (χ1n) is 19.9. The van der Waals surface area contributed by atoms with E-state index in [0.717, 1.165) is 24.9 Å².